The van der Waals surface area contributed by atoms with Crippen molar-refractivity contribution >= 4 is 31.3 Å². The maximum Gasteiger partial charge on any atom is 0.153 e. The quantitative estimate of drug-likeness (QED) is 0.769. The summed E-state index contributed by atoms with van der Waals surface area (Å²) >= 11 is 6.26. The number of nitrogens with zero attached hydrogens (tertiary/aromatic N) is 1. The molecule has 9 heteroatoms. The zero-order valence-electron chi connectivity index (χ0n) is 12.9. The first kappa shape index (κ1) is 16.8. The van der Waals surface area contributed by atoms with Crippen molar-refractivity contribution in [3.8, 4) is 0 Å². The second-order valence-electron chi connectivity index (χ2n) is 6.93. The molecule has 1 aromatic rings. The van der Waals surface area contributed by atoms with E-state index in [0.29, 0.717) is 11.6 Å². The molecule has 132 valence electrons. The monoisotopic (exact) mass is 390 g/mol. The molecule has 3 aliphatic heterocycles. The van der Waals surface area contributed by atoms with Gasteiger partial charge in [0.05, 0.1) is 23.0 Å². The van der Waals surface area contributed by atoms with Crippen molar-refractivity contribution in [2.75, 3.05) is 23.0 Å². The maximum atomic E-state index is 12.1. The first-order valence-corrected chi connectivity index (χ1v) is 11.9. The summed E-state index contributed by atoms with van der Waals surface area (Å²) in [6, 6.07) is 6.58. The van der Waals surface area contributed by atoms with E-state index in [9.17, 15) is 16.8 Å². The molecule has 1 aromatic carbocycles. The van der Waals surface area contributed by atoms with Gasteiger partial charge < -0.3 is 5.32 Å². The molecule has 0 bridgehead atoms. The van der Waals surface area contributed by atoms with Crippen LogP contribution in [0, 0.1) is 0 Å². The second-order valence-corrected chi connectivity index (χ2v) is 11.6. The predicted molar refractivity (Wildman–Crippen MR) is 92.6 cm³/mol. The van der Waals surface area contributed by atoms with Crippen molar-refractivity contribution in [3.05, 3.63) is 34.9 Å². The summed E-state index contributed by atoms with van der Waals surface area (Å²) in [5.41, 5.74) is 0.896. The molecule has 1 N–H and O–H groups in total. The molecule has 0 aliphatic carbocycles. The van der Waals surface area contributed by atoms with E-state index in [1.807, 2.05) is 18.2 Å². The van der Waals surface area contributed by atoms with Gasteiger partial charge in [-0.3, -0.25) is 4.90 Å². The van der Waals surface area contributed by atoms with Gasteiger partial charge in [0.15, 0.2) is 19.7 Å². The van der Waals surface area contributed by atoms with Crippen LogP contribution in [-0.2, 0) is 26.2 Å². The molecule has 3 saturated heterocycles. The van der Waals surface area contributed by atoms with Crippen molar-refractivity contribution in [2.45, 2.75) is 30.7 Å². The first-order chi connectivity index (χ1) is 11.2. The highest BCUT2D eigenvalue weighted by atomic mass is 35.5. The van der Waals surface area contributed by atoms with E-state index in [0.717, 1.165) is 5.56 Å². The Kier molecular flexibility index (Phi) is 3.96. The fourth-order valence-corrected chi connectivity index (χ4v) is 8.30. The van der Waals surface area contributed by atoms with Crippen molar-refractivity contribution in [2.24, 2.45) is 0 Å². The standard InChI is InChI=1S/C15H19ClN2O4S2/c16-11-4-2-1-3-10(11)5-18-14-8-23(19,20)6-12(14)17-13-7-24(21,22)9-15(13)18/h1-4,12-15,17H,5-9H2/t12-,13+,14-,15-/m0/s1. The Morgan fingerprint density at radius 3 is 2.04 bits per heavy atom. The van der Waals surface area contributed by atoms with Gasteiger partial charge in [-0.15, -0.1) is 0 Å². The summed E-state index contributed by atoms with van der Waals surface area (Å²) in [5.74, 6) is 0.274. The fourth-order valence-electron chi connectivity index (χ4n) is 4.21. The summed E-state index contributed by atoms with van der Waals surface area (Å²) in [7, 11) is -6.22. The molecule has 0 unspecified atom stereocenters. The lowest BCUT2D eigenvalue weighted by atomic mass is 9.96. The number of benzene rings is 1. The lowest BCUT2D eigenvalue weighted by Gasteiger charge is -2.45. The molecular weight excluding hydrogens is 372 g/mol. The van der Waals surface area contributed by atoms with Gasteiger partial charge in [-0.05, 0) is 11.6 Å². The van der Waals surface area contributed by atoms with Crippen LogP contribution >= 0.6 is 11.6 Å². The molecule has 0 spiro atoms. The zero-order chi connectivity index (χ0) is 17.1. The van der Waals surface area contributed by atoms with E-state index in [-0.39, 0.29) is 47.2 Å². The smallest absolute Gasteiger partial charge is 0.153 e. The van der Waals surface area contributed by atoms with E-state index >= 15 is 0 Å². The van der Waals surface area contributed by atoms with Gasteiger partial charge in [-0.25, -0.2) is 16.8 Å². The van der Waals surface area contributed by atoms with E-state index in [2.05, 4.69) is 10.2 Å². The minimum atomic E-state index is -3.11. The molecular formula is C15H19ClN2O4S2. The number of fused-ring (bicyclic) bond motifs is 2. The third kappa shape index (κ3) is 2.99. The van der Waals surface area contributed by atoms with Crippen LogP contribution in [0.1, 0.15) is 5.56 Å². The Morgan fingerprint density at radius 1 is 0.958 bits per heavy atom. The lowest BCUT2D eigenvalue weighted by molar-refractivity contribution is 0.0678. The Bertz CT molecular complexity index is 823. The Labute approximate surface area is 147 Å². The number of sulfone groups is 2. The summed E-state index contributed by atoms with van der Waals surface area (Å²) in [6.45, 7) is 0.467. The number of rotatable bonds is 2. The first-order valence-electron chi connectivity index (χ1n) is 7.90. The Balaban J connectivity index is 1.70. The van der Waals surface area contributed by atoms with Crippen LogP contribution in [0.25, 0.3) is 0 Å². The minimum Gasteiger partial charge on any atom is -0.306 e. The van der Waals surface area contributed by atoms with Crippen LogP contribution in [0.4, 0.5) is 0 Å². The molecule has 4 atom stereocenters. The normalized spacial score (nSPS) is 37.0. The summed E-state index contributed by atoms with van der Waals surface area (Å²) in [6.07, 6.45) is 0. The molecule has 3 aliphatic rings. The highest BCUT2D eigenvalue weighted by molar-refractivity contribution is 7.92. The van der Waals surface area contributed by atoms with Crippen LogP contribution in [0.2, 0.25) is 5.02 Å². The fraction of sp³-hybridized carbons (Fsp3) is 0.600. The van der Waals surface area contributed by atoms with Crippen molar-refractivity contribution in [1.82, 2.24) is 10.2 Å². The Morgan fingerprint density at radius 2 is 1.50 bits per heavy atom. The van der Waals surface area contributed by atoms with Gasteiger partial charge >= 0.3 is 0 Å². The van der Waals surface area contributed by atoms with Gasteiger partial charge in [0.2, 0.25) is 0 Å². The van der Waals surface area contributed by atoms with Crippen molar-refractivity contribution < 1.29 is 16.8 Å². The third-order valence-corrected chi connectivity index (χ3v) is 9.04. The summed E-state index contributed by atoms with van der Waals surface area (Å²) < 4.78 is 48.4. The molecule has 4 rings (SSSR count). The molecule has 0 radical (unpaired) electrons. The average molecular weight is 391 g/mol. The molecule has 24 heavy (non-hydrogen) atoms. The molecule has 0 saturated carbocycles. The molecule has 6 nitrogen and oxygen atoms in total. The number of halogens is 1. The topological polar surface area (TPSA) is 83.5 Å². The second kappa shape index (κ2) is 5.67. The number of piperazine rings is 1. The third-order valence-electron chi connectivity index (χ3n) is 5.24. The van der Waals surface area contributed by atoms with Gasteiger partial charge in [0, 0.05) is 35.7 Å². The van der Waals surface area contributed by atoms with E-state index in [4.69, 9.17) is 11.6 Å². The lowest BCUT2D eigenvalue weighted by Crippen LogP contribution is -2.66. The van der Waals surface area contributed by atoms with Gasteiger partial charge in [0.25, 0.3) is 0 Å². The molecule has 3 fully saturated rings. The predicted octanol–water partition coefficient (Wildman–Crippen LogP) is 0.0764. The maximum absolute atomic E-state index is 12.1. The highest BCUT2D eigenvalue weighted by Gasteiger charge is 2.53. The van der Waals surface area contributed by atoms with E-state index in [1.165, 1.54) is 0 Å². The summed E-state index contributed by atoms with van der Waals surface area (Å²) in [5, 5.41) is 3.90. The highest BCUT2D eigenvalue weighted by Crippen LogP contribution is 2.33. The van der Waals surface area contributed by atoms with E-state index in [1.54, 1.807) is 6.07 Å². The number of nitrogens with one attached hydrogen (secondary N) is 1. The zero-order valence-corrected chi connectivity index (χ0v) is 15.3. The van der Waals surface area contributed by atoms with Crippen LogP contribution in [0.3, 0.4) is 0 Å². The largest absolute Gasteiger partial charge is 0.306 e. The number of hydrogen-bond donors (Lipinski definition) is 1. The summed E-state index contributed by atoms with van der Waals surface area (Å²) in [4.78, 5) is 2.06. The van der Waals surface area contributed by atoms with Crippen LogP contribution in [0.15, 0.2) is 24.3 Å². The van der Waals surface area contributed by atoms with E-state index < -0.39 is 19.7 Å². The van der Waals surface area contributed by atoms with Crippen molar-refractivity contribution in [3.63, 3.8) is 0 Å². The van der Waals surface area contributed by atoms with Gasteiger partial charge in [-0.1, -0.05) is 29.8 Å². The van der Waals surface area contributed by atoms with Gasteiger partial charge in [-0.2, -0.15) is 0 Å². The average Bonchev–Trinajstić information content (AvgIpc) is 2.94. The van der Waals surface area contributed by atoms with Crippen molar-refractivity contribution in [1.29, 1.82) is 0 Å². The minimum absolute atomic E-state index is 0.0678. The molecule has 3 heterocycles. The van der Waals surface area contributed by atoms with Crippen LogP contribution in [0.5, 0.6) is 0 Å². The van der Waals surface area contributed by atoms with Gasteiger partial charge in [0.1, 0.15) is 0 Å². The van der Waals surface area contributed by atoms with Crippen LogP contribution < -0.4 is 5.32 Å². The SMILES string of the molecule is O=S1(=O)C[C@@H]2N[C@@H]3CS(=O)(=O)C[C@@H]3N(Cc3ccccc3Cl)[C@H]2C1. The molecule has 0 aromatic heterocycles. The van der Waals surface area contributed by atoms with Crippen LogP contribution in [-0.4, -0.2) is 68.9 Å². The number of hydrogen-bond acceptors (Lipinski definition) is 6. The Hall–Kier alpha value is -0.670. The molecule has 0 amide bonds.